The van der Waals surface area contributed by atoms with E-state index in [0.717, 1.165) is 38.2 Å². The quantitative estimate of drug-likeness (QED) is 0.560. The molecule has 0 saturated heterocycles. The molecule has 1 rings (SSSR count). The van der Waals surface area contributed by atoms with Gasteiger partial charge in [0.2, 0.25) is 0 Å². The largest absolute Gasteiger partial charge is 0.382 e. The van der Waals surface area contributed by atoms with Gasteiger partial charge in [0.25, 0.3) is 5.69 Å². The lowest BCUT2D eigenvalue weighted by molar-refractivity contribution is -0.384. The Morgan fingerprint density at radius 1 is 1.24 bits per heavy atom. The van der Waals surface area contributed by atoms with Gasteiger partial charge in [-0.1, -0.05) is 19.1 Å². The number of nitrogens with one attached hydrogen (secondary N) is 1. The Bertz CT molecular complexity index is 463. The Morgan fingerprint density at radius 3 is 2.48 bits per heavy atom. The van der Waals surface area contributed by atoms with Crippen LogP contribution >= 0.6 is 0 Å². The zero-order chi connectivity index (χ0) is 15.8. The fourth-order valence-corrected chi connectivity index (χ4v) is 2.33. The van der Waals surface area contributed by atoms with E-state index in [-0.39, 0.29) is 10.6 Å². The molecule has 0 aliphatic rings. The van der Waals surface area contributed by atoms with E-state index in [9.17, 15) is 10.1 Å². The second kappa shape index (κ2) is 8.59. The summed E-state index contributed by atoms with van der Waals surface area (Å²) in [5.41, 5.74) is 1.73. The van der Waals surface area contributed by atoms with Gasteiger partial charge in [-0.05, 0) is 32.6 Å². The Balaban J connectivity index is 2.92. The molecular weight excluding hydrogens is 268 g/mol. The van der Waals surface area contributed by atoms with Crippen LogP contribution in [-0.4, -0.2) is 55.5 Å². The average Bonchev–Trinajstić information content (AvgIpc) is 2.44. The van der Waals surface area contributed by atoms with Gasteiger partial charge < -0.3 is 10.2 Å². The SMILES string of the molecule is CCCN(CCN(C)C)Cc1cccc([N+](=O)[O-])c1NC. The molecule has 0 aromatic heterocycles. The summed E-state index contributed by atoms with van der Waals surface area (Å²) in [6.45, 7) is 5.78. The molecule has 118 valence electrons. The molecule has 0 aliphatic carbocycles. The summed E-state index contributed by atoms with van der Waals surface area (Å²) in [4.78, 5) is 15.3. The Labute approximate surface area is 126 Å². The topological polar surface area (TPSA) is 61.7 Å². The lowest BCUT2D eigenvalue weighted by atomic mass is 10.1. The molecule has 1 N–H and O–H groups in total. The number of rotatable bonds is 9. The normalized spacial score (nSPS) is 11.1. The maximum Gasteiger partial charge on any atom is 0.292 e. The molecule has 1 aromatic rings. The van der Waals surface area contributed by atoms with Gasteiger partial charge in [-0.2, -0.15) is 0 Å². The third-order valence-corrected chi connectivity index (χ3v) is 3.37. The summed E-state index contributed by atoms with van der Waals surface area (Å²) in [6.07, 6.45) is 1.07. The van der Waals surface area contributed by atoms with Crippen LogP contribution in [0.1, 0.15) is 18.9 Å². The van der Waals surface area contributed by atoms with Gasteiger partial charge in [-0.15, -0.1) is 0 Å². The minimum Gasteiger partial charge on any atom is -0.382 e. The Hall–Kier alpha value is -1.66. The standard InChI is InChI=1S/C15H26N4O2/c1-5-9-18(11-10-17(3)4)12-13-7-6-8-14(19(20)21)15(13)16-2/h6-8,16H,5,9-12H2,1-4H3. The first-order valence-corrected chi connectivity index (χ1v) is 7.30. The fourth-order valence-electron chi connectivity index (χ4n) is 2.33. The molecule has 0 aliphatic heterocycles. The molecule has 6 heteroatoms. The molecule has 0 radical (unpaired) electrons. The number of hydrogen-bond acceptors (Lipinski definition) is 5. The minimum absolute atomic E-state index is 0.138. The van der Waals surface area contributed by atoms with Gasteiger partial charge in [0.1, 0.15) is 5.69 Å². The third kappa shape index (κ3) is 5.32. The van der Waals surface area contributed by atoms with Crippen LogP contribution in [0.4, 0.5) is 11.4 Å². The second-order valence-electron chi connectivity index (χ2n) is 5.40. The van der Waals surface area contributed by atoms with Crippen LogP contribution in [0.2, 0.25) is 0 Å². The summed E-state index contributed by atoms with van der Waals surface area (Å²) in [5, 5.41) is 14.1. The van der Waals surface area contributed by atoms with E-state index in [2.05, 4.69) is 36.1 Å². The van der Waals surface area contributed by atoms with Crippen molar-refractivity contribution in [3.63, 3.8) is 0 Å². The van der Waals surface area contributed by atoms with E-state index in [1.165, 1.54) is 0 Å². The smallest absolute Gasteiger partial charge is 0.292 e. The highest BCUT2D eigenvalue weighted by Gasteiger charge is 2.17. The summed E-state index contributed by atoms with van der Waals surface area (Å²) in [5.74, 6) is 0. The van der Waals surface area contributed by atoms with Crippen LogP contribution in [0.5, 0.6) is 0 Å². The molecule has 0 saturated carbocycles. The highest BCUT2D eigenvalue weighted by atomic mass is 16.6. The van der Waals surface area contributed by atoms with Crippen molar-refractivity contribution >= 4 is 11.4 Å². The number of benzene rings is 1. The molecule has 21 heavy (non-hydrogen) atoms. The number of nitro benzene ring substituents is 1. The fraction of sp³-hybridized carbons (Fsp3) is 0.600. The van der Waals surface area contributed by atoms with E-state index >= 15 is 0 Å². The molecule has 0 heterocycles. The molecular formula is C15H26N4O2. The van der Waals surface area contributed by atoms with Crippen molar-refractivity contribution in [1.82, 2.24) is 9.80 Å². The predicted octanol–water partition coefficient (Wildman–Crippen LogP) is 2.41. The molecule has 1 aromatic carbocycles. The summed E-state index contributed by atoms with van der Waals surface area (Å²) < 4.78 is 0. The first kappa shape index (κ1) is 17.4. The van der Waals surface area contributed by atoms with E-state index in [1.807, 2.05) is 6.07 Å². The van der Waals surface area contributed by atoms with Gasteiger partial charge in [0.15, 0.2) is 0 Å². The first-order chi connectivity index (χ1) is 9.99. The van der Waals surface area contributed by atoms with E-state index in [0.29, 0.717) is 5.69 Å². The van der Waals surface area contributed by atoms with Crippen molar-refractivity contribution < 1.29 is 4.92 Å². The molecule has 0 atom stereocenters. The van der Waals surface area contributed by atoms with E-state index in [4.69, 9.17) is 0 Å². The molecule has 0 fully saturated rings. The average molecular weight is 294 g/mol. The number of hydrogen-bond donors (Lipinski definition) is 1. The van der Waals surface area contributed by atoms with Crippen molar-refractivity contribution in [2.45, 2.75) is 19.9 Å². The van der Waals surface area contributed by atoms with E-state index < -0.39 is 0 Å². The van der Waals surface area contributed by atoms with Gasteiger partial charge >= 0.3 is 0 Å². The van der Waals surface area contributed by atoms with Crippen LogP contribution in [0.3, 0.4) is 0 Å². The summed E-state index contributed by atoms with van der Waals surface area (Å²) in [7, 11) is 5.84. The maximum absolute atomic E-state index is 11.1. The lowest BCUT2D eigenvalue weighted by Crippen LogP contribution is -2.32. The number of nitrogens with zero attached hydrogens (tertiary/aromatic N) is 3. The summed E-state index contributed by atoms with van der Waals surface area (Å²) >= 11 is 0. The van der Waals surface area contributed by atoms with Crippen molar-refractivity contribution in [3.05, 3.63) is 33.9 Å². The van der Waals surface area contributed by atoms with Gasteiger partial charge in [-0.3, -0.25) is 15.0 Å². The van der Waals surface area contributed by atoms with Crippen molar-refractivity contribution in [2.24, 2.45) is 0 Å². The molecule has 6 nitrogen and oxygen atoms in total. The molecule has 0 bridgehead atoms. The van der Waals surface area contributed by atoms with Gasteiger partial charge in [-0.25, -0.2) is 0 Å². The number of nitro groups is 1. The number of para-hydroxylation sites is 1. The van der Waals surface area contributed by atoms with Gasteiger partial charge in [0, 0.05) is 32.7 Å². The van der Waals surface area contributed by atoms with E-state index in [1.54, 1.807) is 19.2 Å². The third-order valence-electron chi connectivity index (χ3n) is 3.37. The number of likely N-dealkylation sites (N-methyl/N-ethyl adjacent to an activating group) is 1. The Kier molecular flexibility index (Phi) is 7.11. The zero-order valence-corrected chi connectivity index (χ0v) is 13.4. The van der Waals surface area contributed by atoms with Crippen LogP contribution < -0.4 is 5.32 Å². The van der Waals surface area contributed by atoms with Crippen LogP contribution in [0.25, 0.3) is 0 Å². The van der Waals surface area contributed by atoms with Crippen molar-refractivity contribution in [2.75, 3.05) is 46.1 Å². The Morgan fingerprint density at radius 2 is 1.95 bits per heavy atom. The van der Waals surface area contributed by atoms with Crippen LogP contribution in [0.15, 0.2) is 18.2 Å². The van der Waals surface area contributed by atoms with Crippen LogP contribution in [-0.2, 0) is 6.54 Å². The molecule has 0 amide bonds. The monoisotopic (exact) mass is 294 g/mol. The maximum atomic E-state index is 11.1. The van der Waals surface area contributed by atoms with Gasteiger partial charge in [0.05, 0.1) is 4.92 Å². The highest BCUT2D eigenvalue weighted by molar-refractivity contribution is 5.66. The zero-order valence-electron chi connectivity index (χ0n) is 13.4. The highest BCUT2D eigenvalue weighted by Crippen LogP contribution is 2.28. The first-order valence-electron chi connectivity index (χ1n) is 7.30. The van der Waals surface area contributed by atoms with Crippen molar-refractivity contribution in [1.29, 1.82) is 0 Å². The molecule has 0 spiro atoms. The lowest BCUT2D eigenvalue weighted by Gasteiger charge is -2.24. The van der Waals surface area contributed by atoms with Crippen LogP contribution in [0, 0.1) is 10.1 Å². The summed E-state index contributed by atoms with van der Waals surface area (Å²) in [6, 6.07) is 5.25. The second-order valence-corrected chi connectivity index (χ2v) is 5.40. The minimum atomic E-state index is -0.334. The predicted molar refractivity (Wildman–Crippen MR) is 86.8 cm³/mol. The number of anilines is 1. The molecule has 0 unspecified atom stereocenters. The van der Waals surface area contributed by atoms with Crippen molar-refractivity contribution in [3.8, 4) is 0 Å².